The van der Waals surface area contributed by atoms with Crippen molar-refractivity contribution in [1.29, 1.82) is 0 Å². The van der Waals surface area contributed by atoms with Gasteiger partial charge in [0.25, 0.3) is 0 Å². The lowest BCUT2D eigenvalue weighted by atomic mass is 9.84. The van der Waals surface area contributed by atoms with E-state index in [4.69, 9.17) is 16.0 Å². The van der Waals surface area contributed by atoms with E-state index in [9.17, 15) is 0 Å². The number of halogens is 1. The van der Waals surface area contributed by atoms with Crippen LogP contribution in [-0.4, -0.2) is 0 Å². The highest BCUT2D eigenvalue weighted by Gasteiger charge is 2.17. The third kappa shape index (κ3) is 2.87. The van der Waals surface area contributed by atoms with Gasteiger partial charge >= 0.3 is 0 Å². The number of alkyl halides is 1. The van der Waals surface area contributed by atoms with Crippen LogP contribution in [0.5, 0.6) is 0 Å². The van der Waals surface area contributed by atoms with Crippen LogP contribution in [0.1, 0.15) is 60.3 Å². The van der Waals surface area contributed by atoms with Crippen LogP contribution in [0.15, 0.2) is 47.1 Å². The standard InChI is InChI=1S/C17H19ClO/c18-17(16-7-4-12-19-16)15-10-8-14(9-11-15)13-5-2-1-3-6-13/h4,7-13,17H,1-3,5-6H2. The average Bonchev–Trinajstić information content (AvgIpc) is 3.02. The molecule has 1 saturated carbocycles. The van der Waals surface area contributed by atoms with Crippen LogP contribution in [0.4, 0.5) is 0 Å². The molecule has 1 aromatic heterocycles. The zero-order valence-corrected chi connectivity index (χ0v) is 11.8. The number of benzene rings is 1. The average molecular weight is 275 g/mol. The molecule has 0 aliphatic heterocycles. The Labute approximate surface area is 119 Å². The van der Waals surface area contributed by atoms with Crippen molar-refractivity contribution in [3.05, 3.63) is 59.5 Å². The van der Waals surface area contributed by atoms with Gasteiger partial charge in [-0.25, -0.2) is 0 Å². The molecule has 0 spiro atoms. The molecular weight excluding hydrogens is 256 g/mol. The van der Waals surface area contributed by atoms with Gasteiger partial charge in [-0.05, 0) is 42.0 Å². The molecule has 0 amide bonds. The quantitative estimate of drug-likeness (QED) is 0.659. The first kappa shape index (κ1) is 12.8. The topological polar surface area (TPSA) is 13.1 Å². The lowest BCUT2D eigenvalue weighted by molar-refractivity contribution is 0.443. The first-order valence-corrected chi connectivity index (χ1v) is 7.55. The Kier molecular flexibility index (Phi) is 3.93. The highest BCUT2D eigenvalue weighted by atomic mass is 35.5. The van der Waals surface area contributed by atoms with Crippen molar-refractivity contribution >= 4 is 11.6 Å². The lowest BCUT2D eigenvalue weighted by Crippen LogP contribution is -2.04. The summed E-state index contributed by atoms with van der Waals surface area (Å²) in [7, 11) is 0. The number of hydrogen-bond donors (Lipinski definition) is 0. The van der Waals surface area contributed by atoms with Crippen molar-refractivity contribution in [3.8, 4) is 0 Å². The Morgan fingerprint density at radius 2 is 1.74 bits per heavy atom. The summed E-state index contributed by atoms with van der Waals surface area (Å²) in [4.78, 5) is 0. The van der Waals surface area contributed by atoms with Crippen LogP contribution in [0.25, 0.3) is 0 Å². The summed E-state index contributed by atoms with van der Waals surface area (Å²) < 4.78 is 5.36. The molecule has 1 fully saturated rings. The van der Waals surface area contributed by atoms with Gasteiger partial charge in [-0.1, -0.05) is 43.5 Å². The molecule has 1 aromatic carbocycles. The Morgan fingerprint density at radius 1 is 1.00 bits per heavy atom. The normalized spacial score (nSPS) is 18.4. The monoisotopic (exact) mass is 274 g/mol. The van der Waals surface area contributed by atoms with E-state index in [2.05, 4.69) is 24.3 Å². The number of furan rings is 1. The Bertz CT molecular complexity index is 495. The lowest BCUT2D eigenvalue weighted by Gasteiger charge is -2.22. The van der Waals surface area contributed by atoms with Gasteiger partial charge in [-0.3, -0.25) is 0 Å². The van der Waals surface area contributed by atoms with Crippen LogP contribution in [-0.2, 0) is 0 Å². The first-order chi connectivity index (χ1) is 9.34. The smallest absolute Gasteiger partial charge is 0.126 e. The van der Waals surface area contributed by atoms with Crippen LogP contribution in [0, 0.1) is 0 Å². The second kappa shape index (κ2) is 5.83. The van der Waals surface area contributed by atoms with Crippen LogP contribution in [0.3, 0.4) is 0 Å². The third-order valence-electron chi connectivity index (χ3n) is 4.10. The van der Waals surface area contributed by atoms with Gasteiger partial charge in [0, 0.05) is 0 Å². The molecule has 0 N–H and O–H groups in total. The molecule has 1 heterocycles. The van der Waals surface area contributed by atoms with E-state index in [1.807, 2.05) is 12.1 Å². The summed E-state index contributed by atoms with van der Waals surface area (Å²) >= 11 is 6.42. The molecular formula is C17H19ClO. The first-order valence-electron chi connectivity index (χ1n) is 7.12. The zero-order valence-electron chi connectivity index (χ0n) is 11.0. The minimum absolute atomic E-state index is 0.185. The van der Waals surface area contributed by atoms with E-state index < -0.39 is 0 Å². The van der Waals surface area contributed by atoms with Crippen molar-refractivity contribution in [2.24, 2.45) is 0 Å². The van der Waals surface area contributed by atoms with Crippen molar-refractivity contribution in [3.63, 3.8) is 0 Å². The molecule has 1 aliphatic carbocycles. The summed E-state index contributed by atoms with van der Waals surface area (Å²) in [6, 6.07) is 12.6. The van der Waals surface area contributed by atoms with Gasteiger partial charge in [0.05, 0.1) is 6.26 Å². The molecule has 1 atom stereocenters. The maximum absolute atomic E-state index is 6.42. The Hall–Kier alpha value is -1.21. The van der Waals surface area contributed by atoms with Crippen molar-refractivity contribution in [2.45, 2.75) is 43.4 Å². The SMILES string of the molecule is ClC(c1ccc(C2CCCCC2)cc1)c1ccco1. The van der Waals surface area contributed by atoms with Crippen LogP contribution < -0.4 is 0 Å². The molecule has 1 nitrogen and oxygen atoms in total. The summed E-state index contributed by atoms with van der Waals surface area (Å²) in [5.41, 5.74) is 2.57. The molecule has 1 aliphatic rings. The Morgan fingerprint density at radius 3 is 2.37 bits per heavy atom. The summed E-state index contributed by atoms with van der Waals surface area (Å²) in [6.45, 7) is 0. The highest BCUT2D eigenvalue weighted by Crippen LogP contribution is 2.34. The molecule has 100 valence electrons. The summed E-state index contributed by atoms with van der Waals surface area (Å²) in [6.07, 6.45) is 8.48. The minimum atomic E-state index is -0.185. The second-order valence-corrected chi connectivity index (χ2v) is 5.82. The van der Waals surface area contributed by atoms with Gasteiger partial charge < -0.3 is 4.42 Å². The number of rotatable bonds is 3. The molecule has 2 aromatic rings. The molecule has 0 saturated heterocycles. The van der Waals surface area contributed by atoms with E-state index in [-0.39, 0.29) is 5.38 Å². The summed E-state index contributed by atoms with van der Waals surface area (Å²) in [5, 5.41) is -0.185. The molecule has 1 unspecified atom stereocenters. The summed E-state index contributed by atoms with van der Waals surface area (Å²) in [5.74, 6) is 1.56. The van der Waals surface area contributed by atoms with Gasteiger partial charge in [0.1, 0.15) is 11.1 Å². The second-order valence-electron chi connectivity index (χ2n) is 5.38. The van der Waals surface area contributed by atoms with E-state index >= 15 is 0 Å². The van der Waals surface area contributed by atoms with Gasteiger partial charge in [0.2, 0.25) is 0 Å². The maximum atomic E-state index is 6.42. The van der Waals surface area contributed by atoms with Crippen molar-refractivity contribution in [1.82, 2.24) is 0 Å². The predicted molar refractivity (Wildman–Crippen MR) is 78.7 cm³/mol. The van der Waals surface area contributed by atoms with Gasteiger partial charge in [-0.2, -0.15) is 0 Å². The fraction of sp³-hybridized carbons (Fsp3) is 0.412. The largest absolute Gasteiger partial charge is 0.467 e. The third-order valence-corrected chi connectivity index (χ3v) is 4.57. The van der Waals surface area contributed by atoms with Crippen LogP contribution in [0.2, 0.25) is 0 Å². The van der Waals surface area contributed by atoms with E-state index in [0.29, 0.717) is 0 Å². The fourth-order valence-corrected chi connectivity index (χ4v) is 3.24. The zero-order chi connectivity index (χ0) is 13.1. The van der Waals surface area contributed by atoms with E-state index in [1.54, 1.807) is 6.26 Å². The highest BCUT2D eigenvalue weighted by molar-refractivity contribution is 6.22. The predicted octanol–water partition coefficient (Wildman–Crippen LogP) is 5.66. The van der Waals surface area contributed by atoms with Gasteiger partial charge in [0.15, 0.2) is 0 Å². The van der Waals surface area contributed by atoms with E-state index in [1.165, 1.54) is 37.7 Å². The molecule has 0 radical (unpaired) electrons. The van der Waals surface area contributed by atoms with Crippen molar-refractivity contribution < 1.29 is 4.42 Å². The van der Waals surface area contributed by atoms with E-state index in [0.717, 1.165) is 17.2 Å². The molecule has 19 heavy (non-hydrogen) atoms. The molecule has 2 heteroatoms. The van der Waals surface area contributed by atoms with Gasteiger partial charge in [-0.15, -0.1) is 11.6 Å². The maximum Gasteiger partial charge on any atom is 0.126 e. The molecule has 0 bridgehead atoms. The fourth-order valence-electron chi connectivity index (χ4n) is 2.97. The molecule has 3 rings (SSSR count). The van der Waals surface area contributed by atoms with Crippen LogP contribution >= 0.6 is 11.6 Å². The van der Waals surface area contributed by atoms with Crippen molar-refractivity contribution in [2.75, 3.05) is 0 Å². The minimum Gasteiger partial charge on any atom is -0.467 e. The number of hydrogen-bond acceptors (Lipinski definition) is 1. The Balaban J connectivity index is 1.75.